The number of piperidine rings is 1. The largest absolute Gasteiger partial charge is 0.322 e. The van der Waals surface area contributed by atoms with Gasteiger partial charge in [-0.3, -0.25) is 9.59 Å². The smallest absolute Gasteiger partial charge is 0.256 e. The van der Waals surface area contributed by atoms with Gasteiger partial charge in [0.1, 0.15) is 0 Å². The zero-order valence-corrected chi connectivity index (χ0v) is 23.4. The second-order valence-electron chi connectivity index (χ2n) is 9.35. The lowest BCUT2D eigenvalue weighted by Crippen LogP contribution is -2.42. The molecule has 200 valence electrons. The van der Waals surface area contributed by atoms with Crippen LogP contribution >= 0.6 is 11.3 Å². The van der Waals surface area contributed by atoms with E-state index in [4.69, 9.17) is 0 Å². The van der Waals surface area contributed by atoms with Crippen LogP contribution in [0.3, 0.4) is 0 Å². The summed E-state index contributed by atoms with van der Waals surface area (Å²) in [7, 11) is -3.57. The fourth-order valence-corrected chi connectivity index (χ4v) is 6.48. The Hall–Kier alpha value is -3.34. The molecule has 1 fully saturated rings. The predicted octanol–water partition coefficient (Wildman–Crippen LogP) is 4.81. The van der Waals surface area contributed by atoms with E-state index in [1.54, 1.807) is 54.7 Å². The zero-order valence-electron chi connectivity index (χ0n) is 21.7. The summed E-state index contributed by atoms with van der Waals surface area (Å²) in [5.41, 5.74) is 6.39. The van der Waals surface area contributed by atoms with Crippen LogP contribution in [-0.4, -0.2) is 43.3 Å². The minimum Gasteiger partial charge on any atom is -0.322 e. The van der Waals surface area contributed by atoms with Crippen molar-refractivity contribution in [1.82, 2.24) is 9.73 Å². The first-order valence-corrected chi connectivity index (χ1v) is 14.9. The highest BCUT2D eigenvalue weighted by Gasteiger charge is 2.32. The van der Waals surface area contributed by atoms with Crippen LogP contribution in [0, 0.1) is 12.8 Å². The first-order valence-electron chi connectivity index (χ1n) is 12.6. The molecule has 0 atom stereocenters. The van der Waals surface area contributed by atoms with E-state index < -0.39 is 10.0 Å². The molecule has 0 unspecified atom stereocenters. The first kappa shape index (κ1) is 27.7. The second kappa shape index (κ2) is 12.0. The van der Waals surface area contributed by atoms with E-state index in [0.717, 1.165) is 22.4 Å². The van der Waals surface area contributed by atoms with Crippen LogP contribution in [0.15, 0.2) is 70.0 Å². The highest BCUT2D eigenvalue weighted by molar-refractivity contribution is 7.89. The van der Waals surface area contributed by atoms with Gasteiger partial charge in [0.25, 0.3) is 5.91 Å². The van der Waals surface area contributed by atoms with E-state index in [2.05, 4.69) is 22.8 Å². The molecule has 2 aromatic carbocycles. The molecule has 1 aliphatic heterocycles. The Morgan fingerprint density at radius 1 is 1.03 bits per heavy atom. The van der Waals surface area contributed by atoms with Gasteiger partial charge in [0, 0.05) is 35.0 Å². The van der Waals surface area contributed by atoms with Gasteiger partial charge in [-0.1, -0.05) is 36.8 Å². The zero-order chi connectivity index (χ0) is 27.3. The molecule has 0 spiro atoms. The van der Waals surface area contributed by atoms with E-state index >= 15 is 0 Å². The molecular formula is C28H32N4O4S2. The molecule has 38 heavy (non-hydrogen) atoms. The van der Waals surface area contributed by atoms with Gasteiger partial charge in [-0.2, -0.15) is 9.41 Å². The summed E-state index contributed by atoms with van der Waals surface area (Å²) in [5.74, 6) is -0.675. The van der Waals surface area contributed by atoms with Crippen molar-refractivity contribution in [2.75, 3.05) is 18.4 Å². The van der Waals surface area contributed by atoms with E-state index in [1.807, 2.05) is 30.5 Å². The van der Waals surface area contributed by atoms with Crippen molar-refractivity contribution in [1.29, 1.82) is 0 Å². The molecule has 0 bridgehead atoms. The van der Waals surface area contributed by atoms with Crippen LogP contribution in [0.2, 0.25) is 0 Å². The van der Waals surface area contributed by atoms with Crippen LogP contribution < -0.4 is 10.7 Å². The molecule has 2 amide bonds. The number of benzene rings is 2. The Morgan fingerprint density at radius 3 is 2.29 bits per heavy atom. The topological polar surface area (TPSA) is 108 Å². The molecule has 1 saturated heterocycles. The van der Waals surface area contributed by atoms with Crippen LogP contribution in [-0.2, 0) is 21.2 Å². The van der Waals surface area contributed by atoms with Crippen molar-refractivity contribution in [2.45, 2.75) is 44.9 Å². The van der Waals surface area contributed by atoms with Gasteiger partial charge in [0.2, 0.25) is 15.9 Å². The second-order valence-corrected chi connectivity index (χ2v) is 12.3. The van der Waals surface area contributed by atoms with Crippen molar-refractivity contribution in [3.8, 4) is 0 Å². The molecular weight excluding hydrogens is 520 g/mol. The minimum atomic E-state index is -3.57. The SMILES string of the molecule is CCc1cc(C(=O)Nc2ccc(/C(C)=N/NC(=O)C3CCN(S(=O)(=O)c4ccc(C)cc4)CC3)cc2)cs1. The van der Waals surface area contributed by atoms with Crippen molar-refractivity contribution in [3.05, 3.63) is 81.5 Å². The number of carbonyl (C=O) groups is 2. The highest BCUT2D eigenvalue weighted by Crippen LogP contribution is 2.24. The van der Waals surface area contributed by atoms with Gasteiger partial charge in [-0.05, 0) is 69.0 Å². The number of hydrogen-bond donors (Lipinski definition) is 2. The number of sulfonamides is 1. The molecule has 8 nitrogen and oxygen atoms in total. The Kier molecular flexibility index (Phi) is 8.76. The molecule has 0 aliphatic carbocycles. The normalized spacial score (nSPS) is 15.3. The van der Waals surface area contributed by atoms with Gasteiger partial charge in [0.15, 0.2) is 0 Å². The summed E-state index contributed by atoms with van der Waals surface area (Å²) in [5, 5.41) is 8.99. The van der Waals surface area contributed by atoms with Gasteiger partial charge in [-0.25, -0.2) is 13.8 Å². The van der Waals surface area contributed by atoms with Gasteiger partial charge < -0.3 is 5.32 Å². The quantitative estimate of drug-likeness (QED) is 0.309. The van der Waals surface area contributed by atoms with Gasteiger partial charge in [-0.15, -0.1) is 11.3 Å². The van der Waals surface area contributed by atoms with Crippen molar-refractivity contribution < 1.29 is 18.0 Å². The van der Waals surface area contributed by atoms with Crippen LogP contribution in [0.1, 0.15) is 53.1 Å². The third-order valence-corrected chi connectivity index (χ3v) is 9.64. The standard InChI is InChI=1S/C28H32N4O4S2/c1-4-25-17-23(18-37-25)27(33)29-24-9-7-21(8-10-24)20(3)30-31-28(34)22-13-15-32(16-14-22)38(35,36)26-11-5-19(2)6-12-26/h5-12,17-18,22H,4,13-16H2,1-3H3,(H,29,33)(H,31,34)/b30-20+. The van der Waals surface area contributed by atoms with Gasteiger partial charge >= 0.3 is 0 Å². The number of amides is 2. The number of nitrogens with zero attached hydrogens (tertiary/aromatic N) is 2. The Morgan fingerprint density at radius 2 is 1.68 bits per heavy atom. The number of nitrogens with one attached hydrogen (secondary N) is 2. The monoisotopic (exact) mass is 552 g/mol. The Bertz CT molecular complexity index is 1420. The molecule has 1 aromatic heterocycles. The molecule has 1 aliphatic rings. The van der Waals surface area contributed by atoms with Crippen LogP contribution in [0.5, 0.6) is 0 Å². The Balaban J connectivity index is 1.28. The third kappa shape index (κ3) is 6.56. The molecule has 2 N–H and O–H groups in total. The lowest BCUT2D eigenvalue weighted by atomic mass is 9.98. The average molecular weight is 553 g/mol. The number of hydrazone groups is 1. The highest BCUT2D eigenvalue weighted by atomic mass is 32.2. The maximum absolute atomic E-state index is 12.9. The van der Waals surface area contributed by atoms with E-state index in [-0.39, 0.29) is 35.7 Å². The molecule has 0 radical (unpaired) electrons. The van der Waals surface area contributed by atoms with Crippen LogP contribution in [0.25, 0.3) is 0 Å². The summed E-state index contributed by atoms with van der Waals surface area (Å²) in [6, 6.07) is 16.0. The van der Waals surface area contributed by atoms with Crippen molar-refractivity contribution >= 4 is 44.6 Å². The molecule has 4 rings (SSSR count). The maximum atomic E-state index is 12.9. The lowest BCUT2D eigenvalue weighted by Gasteiger charge is -2.30. The number of thiophene rings is 1. The van der Waals surface area contributed by atoms with Crippen molar-refractivity contribution in [2.24, 2.45) is 11.0 Å². The summed E-state index contributed by atoms with van der Waals surface area (Å²) in [6.45, 7) is 6.34. The number of anilines is 1. The number of rotatable bonds is 8. The minimum absolute atomic E-state index is 0.149. The fraction of sp³-hybridized carbons (Fsp3) is 0.321. The van der Waals surface area contributed by atoms with E-state index in [1.165, 1.54) is 4.31 Å². The van der Waals surface area contributed by atoms with Crippen molar-refractivity contribution in [3.63, 3.8) is 0 Å². The van der Waals surface area contributed by atoms with Crippen LogP contribution in [0.4, 0.5) is 5.69 Å². The first-order chi connectivity index (χ1) is 18.2. The molecule has 10 heteroatoms. The fourth-order valence-electron chi connectivity index (χ4n) is 4.20. The third-order valence-electron chi connectivity index (χ3n) is 6.64. The van der Waals surface area contributed by atoms with E-state index in [0.29, 0.717) is 29.8 Å². The summed E-state index contributed by atoms with van der Waals surface area (Å²) in [4.78, 5) is 26.6. The lowest BCUT2D eigenvalue weighted by molar-refractivity contribution is -0.126. The number of hydrogen-bond acceptors (Lipinski definition) is 6. The average Bonchev–Trinajstić information content (AvgIpc) is 3.42. The number of carbonyl (C=O) groups excluding carboxylic acids is 2. The summed E-state index contributed by atoms with van der Waals surface area (Å²) >= 11 is 1.57. The molecule has 3 aromatic rings. The van der Waals surface area contributed by atoms with Gasteiger partial charge in [0.05, 0.1) is 16.2 Å². The summed E-state index contributed by atoms with van der Waals surface area (Å²) in [6.07, 6.45) is 1.77. The predicted molar refractivity (Wildman–Crippen MR) is 151 cm³/mol. The molecule has 2 heterocycles. The maximum Gasteiger partial charge on any atom is 0.256 e. The van der Waals surface area contributed by atoms with E-state index in [9.17, 15) is 18.0 Å². The Labute approximate surface area is 227 Å². The number of aryl methyl sites for hydroxylation is 2. The molecule has 0 saturated carbocycles. The summed E-state index contributed by atoms with van der Waals surface area (Å²) < 4.78 is 27.2.